The van der Waals surface area contributed by atoms with Crippen molar-refractivity contribution in [2.24, 2.45) is 0 Å². The second-order valence-electron chi connectivity index (χ2n) is 3.70. The van der Waals surface area contributed by atoms with Crippen LogP contribution in [0.3, 0.4) is 0 Å². The number of imidazole rings is 1. The van der Waals surface area contributed by atoms with Gasteiger partial charge in [-0.05, 0) is 13.0 Å². The van der Waals surface area contributed by atoms with Crippen molar-refractivity contribution in [3.05, 3.63) is 47.3 Å². The molecule has 0 bridgehead atoms. The summed E-state index contributed by atoms with van der Waals surface area (Å²) in [6.07, 6.45) is 2.83. The minimum absolute atomic E-state index is 0.0974. The largest absolute Gasteiger partial charge is 0.477 e. The summed E-state index contributed by atoms with van der Waals surface area (Å²) < 4.78 is 1.54. The lowest BCUT2D eigenvalue weighted by molar-refractivity contribution is 0.0685. The van der Waals surface area contributed by atoms with Crippen LogP contribution < -0.4 is 0 Å². The van der Waals surface area contributed by atoms with E-state index in [0.29, 0.717) is 17.1 Å². The van der Waals surface area contributed by atoms with Crippen molar-refractivity contribution in [2.45, 2.75) is 13.5 Å². The molecule has 0 fully saturated rings. The van der Waals surface area contributed by atoms with Gasteiger partial charge in [0.05, 0.1) is 12.7 Å². The van der Waals surface area contributed by atoms with Crippen LogP contribution in [0, 0.1) is 18.3 Å². The molecule has 1 N–H and O–H groups in total. The van der Waals surface area contributed by atoms with E-state index in [1.54, 1.807) is 23.6 Å². The number of carbonyl (C=O) groups is 1. The molecule has 2 heterocycles. The van der Waals surface area contributed by atoms with Crippen LogP contribution in [-0.2, 0) is 6.54 Å². The average molecular weight is 242 g/mol. The molecule has 0 aromatic carbocycles. The minimum atomic E-state index is -1.04. The van der Waals surface area contributed by atoms with E-state index < -0.39 is 5.97 Å². The summed E-state index contributed by atoms with van der Waals surface area (Å²) in [7, 11) is 0. The maximum absolute atomic E-state index is 11.0. The van der Waals surface area contributed by atoms with Crippen molar-refractivity contribution >= 4 is 5.97 Å². The summed E-state index contributed by atoms with van der Waals surface area (Å²) >= 11 is 0. The molecule has 6 heteroatoms. The fourth-order valence-corrected chi connectivity index (χ4v) is 1.68. The number of nitrogens with zero attached hydrogens (tertiary/aromatic N) is 4. The molecule has 0 atom stereocenters. The molecule has 0 radical (unpaired) electrons. The first kappa shape index (κ1) is 11.8. The first-order valence-electron chi connectivity index (χ1n) is 5.23. The van der Waals surface area contributed by atoms with E-state index in [1.165, 1.54) is 12.4 Å². The third kappa shape index (κ3) is 2.06. The summed E-state index contributed by atoms with van der Waals surface area (Å²) in [5, 5.41) is 18.0. The van der Waals surface area contributed by atoms with Crippen molar-refractivity contribution in [1.29, 1.82) is 5.26 Å². The first-order valence-corrected chi connectivity index (χ1v) is 5.23. The van der Waals surface area contributed by atoms with Crippen molar-refractivity contribution in [3.63, 3.8) is 0 Å². The predicted molar refractivity (Wildman–Crippen MR) is 62.0 cm³/mol. The lowest BCUT2D eigenvalue weighted by Crippen LogP contribution is -2.12. The summed E-state index contributed by atoms with van der Waals surface area (Å²) in [4.78, 5) is 18.9. The zero-order valence-corrected chi connectivity index (χ0v) is 9.66. The molecule has 18 heavy (non-hydrogen) atoms. The van der Waals surface area contributed by atoms with Crippen LogP contribution in [0.1, 0.15) is 27.6 Å². The lowest BCUT2D eigenvalue weighted by atomic mass is 10.2. The standard InChI is InChI=1S/C12H10N4O2/c1-8-15-6-11(12(17)18)16(8)7-9-3-2-4-14-10(9)5-13/h2-4,6H,7H2,1H3,(H,17,18). The summed E-state index contributed by atoms with van der Waals surface area (Å²) in [5.41, 5.74) is 1.06. The predicted octanol–water partition coefficient (Wildman–Crippen LogP) is 1.20. The quantitative estimate of drug-likeness (QED) is 0.873. The fraction of sp³-hybridized carbons (Fsp3) is 0.167. The fourth-order valence-electron chi connectivity index (χ4n) is 1.68. The van der Waals surface area contributed by atoms with Gasteiger partial charge >= 0.3 is 5.97 Å². The Bertz CT molecular complexity index is 640. The summed E-state index contributed by atoms with van der Waals surface area (Å²) in [6, 6.07) is 5.44. The minimum Gasteiger partial charge on any atom is -0.477 e. The van der Waals surface area contributed by atoms with Gasteiger partial charge in [-0.15, -0.1) is 0 Å². The van der Waals surface area contributed by atoms with Gasteiger partial charge in [0, 0.05) is 11.8 Å². The van der Waals surface area contributed by atoms with Crippen LogP contribution in [0.25, 0.3) is 0 Å². The number of hydrogen-bond acceptors (Lipinski definition) is 4. The molecule has 6 nitrogen and oxygen atoms in total. The molecule has 2 aromatic heterocycles. The highest BCUT2D eigenvalue weighted by Crippen LogP contribution is 2.11. The van der Waals surface area contributed by atoms with Crippen molar-refractivity contribution < 1.29 is 9.90 Å². The molecule has 0 aliphatic heterocycles. The Labute approximate surface area is 103 Å². The van der Waals surface area contributed by atoms with Crippen LogP contribution in [0.15, 0.2) is 24.5 Å². The number of carboxylic acid groups (broad SMARTS) is 1. The molecule has 0 unspecified atom stereocenters. The van der Waals surface area contributed by atoms with Gasteiger partial charge in [0.2, 0.25) is 0 Å². The van der Waals surface area contributed by atoms with Crippen LogP contribution in [0.2, 0.25) is 0 Å². The van der Waals surface area contributed by atoms with E-state index in [2.05, 4.69) is 9.97 Å². The summed E-state index contributed by atoms with van der Waals surface area (Å²) in [6.45, 7) is 1.99. The highest BCUT2D eigenvalue weighted by atomic mass is 16.4. The van der Waals surface area contributed by atoms with E-state index in [1.807, 2.05) is 6.07 Å². The third-order valence-corrected chi connectivity index (χ3v) is 2.60. The van der Waals surface area contributed by atoms with Crippen molar-refractivity contribution in [1.82, 2.24) is 14.5 Å². The highest BCUT2D eigenvalue weighted by molar-refractivity contribution is 5.85. The molecule has 0 aliphatic rings. The number of pyridine rings is 1. The molecule has 0 spiro atoms. The zero-order valence-electron chi connectivity index (χ0n) is 9.66. The number of aromatic carboxylic acids is 1. The molecule has 2 aromatic rings. The molecule has 0 amide bonds. The highest BCUT2D eigenvalue weighted by Gasteiger charge is 2.14. The van der Waals surface area contributed by atoms with E-state index in [-0.39, 0.29) is 12.2 Å². The van der Waals surface area contributed by atoms with Crippen LogP contribution >= 0.6 is 0 Å². The maximum Gasteiger partial charge on any atom is 0.354 e. The number of nitriles is 1. The molecular formula is C12H10N4O2. The van der Waals surface area contributed by atoms with Crippen LogP contribution in [-0.4, -0.2) is 25.6 Å². The Morgan fingerprint density at radius 3 is 3.00 bits per heavy atom. The average Bonchev–Trinajstić information content (AvgIpc) is 2.72. The molecule has 0 saturated heterocycles. The number of carboxylic acids is 1. The Balaban J connectivity index is 2.43. The zero-order chi connectivity index (χ0) is 13.1. The van der Waals surface area contributed by atoms with Crippen molar-refractivity contribution in [3.8, 4) is 6.07 Å². The second kappa shape index (κ2) is 4.67. The number of rotatable bonds is 3. The molecule has 0 saturated carbocycles. The van der Waals surface area contributed by atoms with Gasteiger partial charge < -0.3 is 9.67 Å². The normalized spacial score (nSPS) is 10.0. The first-order chi connectivity index (χ1) is 8.63. The Morgan fingerprint density at radius 2 is 2.33 bits per heavy atom. The van der Waals surface area contributed by atoms with Gasteiger partial charge in [0.1, 0.15) is 23.3 Å². The third-order valence-electron chi connectivity index (χ3n) is 2.60. The van der Waals surface area contributed by atoms with Gasteiger partial charge in [-0.25, -0.2) is 14.8 Å². The summed E-state index contributed by atoms with van der Waals surface area (Å²) in [5.74, 6) is -0.460. The molecule has 90 valence electrons. The van der Waals surface area contributed by atoms with E-state index in [9.17, 15) is 4.79 Å². The van der Waals surface area contributed by atoms with E-state index >= 15 is 0 Å². The monoisotopic (exact) mass is 242 g/mol. The van der Waals surface area contributed by atoms with E-state index in [0.717, 1.165) is 0 Å². The van der Waals surface area contributed by atoms with Gasteiger partial charge in [-0.1, -0.05) is 6.07 Å². The van der Waals surface area contributed by atoms with Gasteiger partial charge in [0.15, 0.2) is 0 Å². The van der Waals surface area contributed by atoms with Gasteiger partial charge in [0.25, 0.3) is 0 Å². The van der Waals surface area contributed by atoms with Crippen molar-refractivity contribution in [2.75, 3.05) is 0 Å². The topological polar surface area (TPSA) is 91.8 Å². The number of aromatic nitrogens is 3. The van der Waals surface area contributed by atoms with Gasteiger partial charge in [-0.3, -0.25) is 0 Å². The molecule has 2 rings (SSSR count). The van der Waals surface area contributed by atoms with Gasteiger partial charge in [-0.2, -0.15) is 5.26 Å². The Kier molecular flexibility index (Phi) is 3.06. The number of hydrogen-bond donors (Lipinski definition) is 1. The Hall–Kier alpha value is -2.68. The maximum atomic E-state index is 11.0. The number of aryl methyl sites for hydroxylation is 1. The van der Waals surface area contributed by atoms with Crippen LogP contribution in [0.5, 0.6) is 0 Å². The molecular weight excluding hydrogens is 232 g/mol. The SMILES string of the molecule is Cc1ncc(C(=O)O)n1Cc1cccnc1C#N. The smallest absolute Gasteiger partial charge is 0.354 e. The van der Waals surface area contributed by atoms with E-state index in [4.69, 9.17) is 10.4 Å². The van der Waals surface area contributed by atoms with Crippen LogP contribution in [0.4, 0.5) is 0 Å². The second-order valence-corrected chi connectivity index (χ2v) is 3.70. The lowest BCUT2D eigenvalue weighted by Gasteiger charge is -2.08. The molecule has 0 aliphatic carbocycles. The Morgan fingerprint density at radius 1 is 1.56 bits per heavy atom.